The van der Waals surface area contributed by atoms with Gasteiger partial charge in [-0.25, -0.2) is 9.97 Å². The van der Waals surface area contributed by atoms with E-state index in [1.807, 2.05) is 6.92 Å². The van der Waals surface area contributed by atoms with Crippen LogP contribution in [0.15, 0.2) is 6.33 Å². The van der Waals surface area contributed by atoms with Crippen molar-refractivity contribution in [3.05, 3.63) is 6.33 Å². The van der Waals surface area contributed by atoms with E-state index in [1.54, 1.807) is 13.4 Å². The Bertz CT molecular complexity index is 424. The van der Waals surface area contributed by atoms with Gasteiger partial charge in [0.05, 0.1) is 7.11 Å². The second-order valence-electron chi connectivity index (χ2n) is 5.30. The van der Waals surface area contributed by atoms with Gasteiger partial charge in [0.15, 0.2) is 11.6 Å². The predicted octanol–water partition coefficient (Wildman–Crippen LogP) is 2.76. The third-order valence-corrected chi connectivity index (χ3v) is 4.14. The summed E-state index contributed by atoms with van der Waals surface area (Å²) in [6.07, 6.45) is 4.03. The molecule has 3 unspecified atom stereocenters. The zero-order valence-corrected chi connectivity index (χ0v) is 12.2. The minimum Gasteiger partial charge on any atom is -0.490 e. The highest BCUT2D eigenvalue weighted by molar-refractivity contribution is 5.63. The van der Waals surface area contributed by atoms with Gasteiger partial charge in [-0.05, 0) is 31.6 Å². The Kier molecular flexibility index (Phi) is 4.45. The largest absolute Gasteiger partial charge is 0.490 e. The molecular weight excluding hydrogens is 240 g/mol. The van der Waals surface area contributed by atoms with Crippen molar-refractivity contribution in [1.82, 2.24) is 9.97 Å². The highest BCUT2D eigenvalue weighted by Gasteiger charge is 2.30. The highest BCUT2D eigenvalue weighted by atomic mass is 16.5. The van der Waals surface area contributed by atoms with Crippen LogP contribution in [0.5, 0.6) is 5.75 Å². The van der Waals surface area contributed by atoms with Crippen LogP contribution in [0.4, 0.5) is 11.6 Å². The summed E-state index contributed by atoms with van der Waals surface area (Å²) < 4.78 is 5.45. The number of rotatable bonds is 5. The number of aromatic nitrogens is 2. The monoisotopic (exact) mass is 264 g/mol. The summed E-state index contributed by atoms with van der Waals surface area (Å²) in [6, 6.07) is 0.466. The molecule has 0 bridgehead atoms. The zero-order chi connectivity index (χ0) is 13.8. The Morgan fingerprint density at radius 3 is 2.58 bits per heavy atom. The first-order valence-electron chi connectivity index (χ1n) is 7.06. The Hall–Kier alpha value is -1.52. The minimum atomic E-state index is 0.466. The van der Waals surface area contributed by atoms with Crippen molar-refractivity contribution in [3.63, 3.8) is 0 Å². The van der Waals surface area contributed by atoms with Crippen LogP contribution in [0.3, 0.4) is 0 Å². The van der Waals surface area contributed by atoms with E-state index in [-0.39, 0.29) is 0 Å². The molecule has 1 heterocycles. The molecule has 5 heteroatoms. The van der Waals surface area contributed by atoms with Crippen LogP contribution in [0.25, 0.3) is 0 Å². The number of nitrogens with zero attached hydrogens (tertiary/aromatic N) is 2. The lowest BCUT2D eigenvalue weighted by Gasteiger charge is -2.22. The van der Waals surface area contributed by atoms with Gasteiger partial charge in [0.25, 0.3) is 0 Å². The number of nitrogens with one attached hydrogen (secondary N) is 2. The summed E-state index contributed by atoms with van der Waals surface area (Å²) in [6.45, 7) is 7.46. The lowest BCUT2D eigenvalue weighted by Crippen LogP contribution is -2.25. The van der Waals surface area contributed by atoms with Gasteiger partial charge in [-0.1, -0.05) is 13.8 Å². The quantitative estimate of drug-likeness (QED) is 0.856. The van der Waals surface area contributed by atoms with E-state index in [2.05, 4.69) is 34.4 Å². The molecule has 0 aliphatic heterocycles. The lowest BCUT2D eigenvalue weighted by atomic mass is 9.98. The smallest absolute Gasteiger partial charge is 0.204 e. The van der Waals surface area contributed by atoms with Gasteiger partial charge in [-0.2, -0.15) is 0 Å². The molecule has 106 valence electrons. The van der Waals surface area contributed by atoms with Crippen LogP contribution in [-0.4, -0.2) is 29.7 Å². The van der Waals surface area contributed by atoms with Gasteiger partial charge >= 0.3 is 0 Å². The Labute approximate surface area is 115 Å². The molecule has 1 aromatic heterocycles. The van der Waals surface area contributed by atoms with E-state index in [0.29, 0.717) is 17.7 Å². The average molecular weight is 264 g/mol. The maximum absolute atomic E-state index is 5.45. The van der Waals surface area contributed by atoms with E-state index in [9.17, 15) is 0 Å². The van der Waals surface area contributed by atoms with Crippen LogP contribution >= 0.6 is 0 Å². The van der Waals surface area contributed by atoms with E-state index in [0.717, 1.165) is 24.1 Å². The van der Waals surface area contributed by atoms with E-state index in [1.165, 1.54) is 12.8 Å². The molecule has 1 aliphatic carbocycles. The zero-order valence-electron chi connectivity index (χ0n) is 12.2. The molecule has 5 nitrogen and oxygen atoms in total. The molecule has 1 fully saturated rings. The van der Waals surface area contributed by atoms with Gasteiger partial charge in [-0.15, -0.1) is 0 Å². The van der Waals surface area contributed by atoms with Crippen molar-refractivity contribution in [1.29, 1.82) is 0 Å². The Balaban J connectivity index is 2.18. The standard InChI is InChI=1S/C14H24N4O/c1-5-15-13-12(19-4)14(17-8-16-13)18-11-7-6-9(2)10(11)3/h8-11H,5-7H2,1-4H3,(H2,15,16,17,18). The maximum Gasteiger partial charge on any atom is 0.204 e. The molecular formula is C14H24N4O. The molecule has 1 aromatic rings. The number of anilines is 2. The first kappa shape index (κ1) is 13.9. The van der Waals surface area contributed by atoms with Crippen LogP contribution in [0.2, 0.25) is 0 Å². The summed E-state index contributed by atoms with van der Waals surface area (Å²) >= 11 is 0. The van der Waals surface area contributed by atoms with Gasteiger partial charge in [0, 0.05) is 12.6 Å². The molecule has 2 N–H and O–H groups in total. The molecule has 0 spiro atoms. The second-order valence-corrected chi connectivity index (χ2v) is 5.30. The first-order valence-corrected chi connectivity index (χ1v) is 7.06. The Morgan fingerprint density at radius 2 is 2.00 bits per heavy atom. The summed E-state index contributed by atoms with van der Waals surface area (Å²) in [5, 5.41) is 6.72. The lowest BCUT2D eigenvalue weighted by molar-refractivity contribution is 0.409. The number of hydrogen-bond acceptors (Lipinski definition) is 5. The molecule has 3 atom stereocenters. The van der Waals surface area contributed by atoms with Crippen molar-refractivity contribution in [2.24, 2.45) is 11.8 Å². The van der Waals surface area contributed by atoms with Crippen molar-refractivity contribution < 1.29 is 4.74 Å². The summed E-state index contributed by atoms with van der Waals surface area (Å²) in [7, 11) is 1.66. The van der Waals surface area contributed by atoms with Crippen molar-refractivity contribution in [3.8, 4) is 5.75 Å². The molecule has 2 rings (SSSR count). The summed E-state index contributed by atoms with van der Waals surface area (Å²) in [5.41, 5.74) is 0. The van der Waals surface area contributed by atoms with Crippen LogP contribution < -0.4 is 15.4 Å². The fourth-order valence-electron chi connectivity index (χ4n) is 2.71. The van der Waals surface area contributed by atoms with Crippen molar-refractivity contribution in [2.75, 3.05) is 24.3 Å². The minimum absolute atomic E-state index is 0.466. The molecule has 0 amide bonds. The summed E-state index contributed by atoms with van der Waals surface area (Å²) in [5.74, 6) is 3.66. The molecule has 0 aromatic carbocycles. The first-order chi connectivity index (χ1) is 9.17. The highest BCUT2D eigenvalue weighted by Crippen LogP contribution is 2.36. The predicted molar refractivity (Wildman–Crippen MR) is 77.7 cm³/mol. The van der Waals surface area contributed by atoms with E-state index >= 15 is 0 Å². The van der Waals surface area contributed by atoms with Gasteiger partial charge < -0.3 is 15.4 Å². The normalized spacial score (nSPS) is 26.2. The van der Waals surface area contributed by atoms with E-state index in [4.69, 9.17) is 4.74 Å². The van der Waals surface area contributed by atoms with Crippen LogP contribution in [0.1, 0.15) is 33.6 Å². The molecule has 1 saturated carbocycles. The fourth-order valence-corrected chi connectivity index (χ4v) is 2.71. The van der Waals surface area contributed by atoms with Crippen molar-refractivity contribution >= 4 is 11.6 Å². The maximum atomic E-state index is 5.45. The third-order valence-electron chi connectivity index (χ3n) is 4.14. The molecule has 0 saturated heterocycles. The second kappa shape index (κ2) is 6.08. The van der Waals surface area contributed by atoms with Gasteiger partial charge in [-0.3, -0.25) is 0 Å². The average Bonchev–Trinajstić information content (AvgIpc) is 2.72. The Morgan fingerprint density at radius 1 is 1.26 bits per heavy atom. The van der Waals surface area contributed by atoms with E-state index < -0.39 is 0 Å². The molecule has 0 radical (unpaired) electrons. The third kappa shape index (κ3) is 2.91. The number of ether oxygens (including phenoxy) is 1. The van der Waals surface area contributed by atoms with Crippen molar-refractivity contribution in [2.45, 2.75) is 39.7 Å². The number of hydrogen-bond donors (Lipinski definition) is 2. The van der Waals surface area contributed by atoms with Crippen LogP contribution in [-0.2, 0) is 0 Å². The molecule has 19 heavy (non-hydrogen) atoms. The van der Waals surface area contributed by atoms with Gasteiger partial charge in [0.2, 0.25) is 5.75 Å². The summed E-state index contributed by atoms with van der Waals surface area (Å²) in [4.78, 5) is 8.55. The molecule has 1 aliphatic rings. The topological polar surface area (TPSA) is 59.1 Å². The van der Waals surface area contributed by atoms with Gasteiger partial charge in [0.1, 0.15) is 6.33 Å². The SMILES string of the molecule is CCNc1ncnc(NC2CCC(C)C2C)c1OC. The number of methoxy groups -OCH3 is 1. The van der Waals surface area contributed by atoms with Crippen LogP contribution in [0, 0.1) is 11.8 Å². The fraction of sp³-hybridized carbons (Fsp3) is 0.714.